The summed E-state index contributed by atoms with van der Waals surface area (Å²) >= 11 is 5.74. The highest BCUT2D eigenvalue weighted by molar-refractivity contribution is 7.92. The molecule has 8 nitrogen and oxygen atoms in total. The molecule has 0 aliphatic heterocycles. The van der Waals surface area contributed by atoms with Gasteiger partial charge in [0, 0.05) is 12.3 Å². The number of nitro benzene ring substituents is 1. The molecule has 0 bridgehead atoms. The number of sulfonamides is 1. The van der Waals surface area contributed by atoms with E-state index in [-0.39, 0.29) is 28.1 Å². The van der Waals surface area contributed by atoms with E-state index in [9.17, 15) is 18.5 Å². The average molecular weight is 420 g/mol. The molecule has 28 heavy (non-hydrogen) atoms. The van der Waals surface area contributed by atoms with E-state index in [1.54, 1.807) is 12.1 Å². The third-order valence-electron chi connectivity index (χ3n) is 3.66. The van der Waals surface area contributed by atoms with Gasteiger partial charge in [-0.3, -0.25) is 14.8 Å². The van der Waals surface area contributed by atoms with Gasteiger partial charge in [-0.25, -0.2) is 13.4 Å². The number of benzene rings is 2. The van der Waals surface area contributed by atoms with E-state index in [0.29, 0.717) is 0 Å². The highest BCUT2D eigenvalue weighted by Gasteiger charge is 2.22. The van der Waals surface area contributed by atoms with Crippen LogP contribution in [0.25, 0.3) is 0 Å². The van der Waals surface area contributed by atoms with Crippen LogP contribution in [-0.2, 0) is 16.6 Å². The zero-order chi connectivity index (χ0) is 20.1. The molecule has 0 fully saturated rings. The summed E-state index contributed by atoms with van der Waals surface area (Å²) in [6, 6.07) is 15.7. The van der Waals surface area contributed by atoms with Crippen LogP contribution in [0.3, 0.4) is 0 Å². The van der Waals surface area contributed by atoms with E-state index >= 15 is 0 Å². The SMILES string of the molecule is O=[N+]([O-])c1cc(S(=O)(=O)Nc2ncccc2OCc2ccccc2)ccc1Cl. The number of halogens is 1. The van der Waals surface area contributed by atoms with Crippen LogP contribution in [0.4, 0.5) is 11.5 Å². The smallest absolute Gasteiger partial charge is 0.289 e. The Hall–Kier alpha value is -3.17. The molecular weight excluding hydrogens is 406 g/mol. The quantitative estimate of drug-likeness (QED) is 0.457. The first kappa shape index (κ1) is 19.6. The summed E-state index contributed by atoms with van der Waals surface area (Å²) in [6.07, 6.45) is 1.40. The number of hydrogen-bond acceptors (Lipinski definition) is 6. The van der Waals surface area contributed by atoms with Gasteiger partial charge in [0.2, 0.25) is 0 Å². The summed E-state index contributed by atoms with van der Waals surface area (Å²) < 4.78 is 33.2. The Kier molecular flexibility index (Phi) is 5.76. The molecule has 0 aliphatic rings. The predicted molar refractivity (Wildman–Crippen MR) is 104 cm³/mol. The minimum atomic E-state index is -4.15. The fraction of sp³-hybridized carbons (Fsp3) is 0.0556. The number of nitro groups is 1. The molecule has 0 saturated carbocycles. The molecule has 144 valence electrons. The number of ether oxygens (including phenoxy) is 1. The molecule has 0 saturated heterocycles. The van der Waals surface area contributed by atoms with E-state index in [1.165, 1.54) is 12.3 Å². The number of aromatic nitrogens is 1. The van der Waals surface area contributed by atoms with E-state index in [2.05, 4.69) is 9.71 Å². The molecule has 0 spiro atoms. The Bertz CT molecular complexity index is 1110. The lowest BCUT2D eigenvalue weighted by Crippen LogP contribution is -2.15. The van der Waals surface area contributed by atoms with Crippen molar-refractivity contribution >= 4 is 33.1 Å². The van der Waals surface area contributed by atoms with Crippen LogP contribution in [0.5, 0.6) is 5.75 Å². The van der Waals surface area contributed by atoms with Crippen molar-refractivity contribution in [1.82, 2.24) is 4.98 Å². The van der Waals surface area contributed by atoms with Crippen LogP contribution in [0.15, 0.2) is 71.8 Å². The Morgan fingerprint density at radius 1 is 1.11 bits per heavy atom. The molecule has 10 heteroatoms. The summed E-state index contributed by atoms with van der Waals surface area (Å²) in [6.45, 7) is 0.216. The van der Waals surface area contributed by atoms with Gasteiger partial charge < -0.3 is 4.74 Å². The zero-order valence-electron chi connectivity index (χ0n) is 14.3. The minimum absolute atomic E-state index is 0.0314. The largest absolute Gasteiger partial charge is 0.485 e. The lowest BCUT2D eigenvalue weighted by Gasteiger charge is -2.13. The number of nitrogens with one attached hydrogen (secondary N) is 1. The fourth-order valence-electron chi connectivity index (χ4n) is 2.30. The number of hydrogen-bond donors (Lipinski definition) is 1. The Labute approximate surface area is 166 Å². The topological polar surface area (TPSA) is 111 Å². The third kappa shape index (κ3) is 4.56. The molecule has 0 unspecified atom stereocenters. The summed E-state index contributed by atoms with van der Waals surface area (Å²) in [5.41, 5.74) is 0.389. The number of pyridine rings is 1. The summed E-state index contributed by atoms with van der Waals surface area (Å²) in [4.78, 5) is 13.9. The lowest BCUT2D eigenvalue weighted by atomic mass is 10.2. The molecule has 1 N–H and O–H groups in total. The van der Waals surface area contributed by atoms with E-state index in [0.717, 1.165) is 17.7 Å². The predicted octanol–water partition coefficient (Wildman–Crippen LogP) is 4.02. The van der Waals surface area contributed by atoms with E-state index in [1.807, 2.05) is 30.3 Å². The van der Waals surface area contributed by atoms with Crippen LogP contribution in [-0.4, -0.2) is 18.3 Å². The summed E-state index contributed by atoms with van der Waals surface area (Å²) in [7, 11) is -4.15. The van der Waals surface area contributed by atoms with Gasteiger partial charge in [0.15, 0.2) is 11.6 Å². The third-order valence-corrected chi connectivity index (χ3v) is 5.32. The highest BCUT2D eigenvalue weighted by Crippen LogP contribution is 2.29. The fourth-order valence-corrected chi connectivity index (χ4v) is 3.53. The van der Waals surface area contributed by atoms with Gasteiger partial charge in [-0.05, 0) is 29.8 Å². The molecule has 2 aromatic carbocycles. The standard InChI is InChI=1S/C18H14ClN3O5S/c19-15-9-8-14(11-16(15)22(23)24)28(25,26)21-18-17(7-4-10-20-18)27-12-13-5-2-1-3-6-13/h1-11H,12H2,(H,20,21). The maximum absolute atomic E-state index is 12.6. The van der Waals surface area contributed by atoms with Crippen LogP contribution < -0.4 is 9.46 Å². The van der Waals surface area contributed by atoms with Crippen molar-refractivity contribution in [2.45, 2.75) is 11.5 Å². The molecule has 1 aromatic heterocycles. The van der Waals surface area contributed by atoms with Gasteiger partial charge in [-0.15, -0.1) is 0 Å². The number of nitrogens with zero attached hydrogens (tertiary/aromatic N) is 2. The van der Waals surface area contributed by atoms with E-state index < -0.39 is 20.6 Å². The van der Waals surface area contributed by atoms with Crippen molar-refractivity contribution in [3.63, 3.8) is 0 Å². The molecule has 3 aromatic rings. The number of anilines is 1. The normalized spacial score (nSPS) is 11.0. The second-order valence-corrected chi connectivity index (χ2v) is 7.69. The zero-order valence-corrected chi connectivity index (χ0v) is 15.9. The van der Waals surface area contributed by atoms with Crippen molar-refractivity contribution in [2.24, 2.45) is 0 Å². The van der Waals surface area contributed by atoms with Gasteiger partial charge in [-0.2, -0.15) is 0 Å². The Balaban J connectivity index is 1.85. The average Bonchev–Trinajstić information content (AvgIpc) is 2.68. The molecule has 0 aliphatic carbocycles. The van der Waals surface area contributed by atoms with Crippen molar-refractivity contribution in [3.05, 3.63) is 87.6 Å². The molecule has 3 rings (SSSR count). The van der Waals surface area contributed by atoms with E-state index in [4.69, 9.17) is 16.3 Å². The first-order valence-electron chi connectivity index (χ1n) is 7.95. The number of rotatable bonds is 7. The van der Waals surface area contributed by atoms with Crippen LogP contribution >= 0.6 is 11.6 Å². The maximum Gasteiger partial charge on any atom is 0.289 e. The molecule has 0 amide bonds. The minimum Gasteiger partial charge on any atom is -0.485 e. The van der Waals surface area contributed by atoms with Crippen LogP contribution in [0.1, 0.15) is 5.56 Å². The van der Waals surface area contributed by atoms with Crippen molar-refractivity contribution in [1.29, 1.82) is 0 Å². The van der Waals surface area contributed by atoms with Crippen LogP contribution in [0.2, 0.25) is 5.02 Å². The molecule has 0 atom stereocenters. The van der Waals surface area contributed by atoms with Gasteiger partial charge >= 0.3 is 0 Å². The van der Waals surface area contributed by atoms with Gasteiger partial charge in [0.05, 0.1) is 9.82 Å². The van der Waals surface area contributed by atoms with Crippen molar-refractivity contribution in [3.8, 4) is 5.75 Å². The lowest BCUT2D eigenvalue weighted by molar-refractivity contribution is -0.384. The first-order chi connectivity index (χ1) is 13.4. The maximum atomic E-state index is 12.6. The summed E-state index contributed by atoms with van der Waals surface area (Å²) in [5, 5.41) is 10.8. The second kappa shape index (κ2) is 8.24. The molecule has 0 radical (unpaired) electrons. The second-order valence-electron chi connectivity index (χ2n) is 5.60. The van der Waals surface area contributed by atoms with Gasteiger partial charge in [-0.1, -0.05) is 41.9 Å². The summed E-state index contributed by atoms with van der Waals surface area (Å²) in [5.74, 6) is 0.189. The molecular formula is C18H14ClN3O5S. The van der Waals surface area contributed by atoms with Gasteiger partial charge in [0.1, 0.15) is 11.6 Å². The Morgan fingerprint density at radius 2 is 1.86 bits per heavy atom. The monoisotopic (exact) mass is 419 g/mol. The highest BCUT2D eigenvalue weighted by atomic mass is 35.5. The Morgan fingerprint density at radius 3 is 2.57 bits per heavy atom. The van der Waals surface area contributed by atoms with Crippen molar-refractivity contribution < 1.29 is 18.1 Å². The van der Waals surface area contributed by atoms with Crippen molar-refractivity contribution in [2.75, 3.05) is 4.72 Å². The first-order valence-corrected chi connectivity index (χ1v) is 9.81. The molecule has 1 heterocycles. The van der Waals surface area contributed by atoms with Gasteiger partial charge in [0.25, 0.3) is 15.7 Å². The van der Waals surface area contributed by atoms with Crippen LogP contribution in [0, 0.1) is 10.1 Å².